The first-order chi connectivity index (χ1) is 9.31. The highest BCUT2D eigenvalue weighted by atomic mass is 16.1. The van der Waals surface area contributed by atoms with Gasteiger partial charge in [0.25, 0.3) is 5.56 Å². The molecule has 1 N–H and O–H groups in total. The zero-order valence-electron chi connectivity index (χ0n) is 11.2. The molecule has 1 aromatic heterocycles. The smallest absolute Gasteiger partial charge is 0.266 e. The number of benzene rings is 1. The van der Waals surface area contributed by atoms with E-state index in [9.17, 15) is 4.79 Å². The van der Waals surface area contributed by atoms with Gasteiger partial charge in [-0.1, -0.05) is 30.3 Å². The molecule has 2 rings (SSSR count). The van der Waals surface area contributed by atoms with E-state index in [2.05, 4.69) is 10.4 Å². The van der Waals surface area contributed by atoms with Crippen LogP contribution in [0.2, 0.25) is 0 Å². The van der Waals surface area contributed by atoms with E-state index in [-0.39, 0.29) is 5.56 Å². The second kappa shape index (κ2) is 6.85. The van der Waals surface area contributed by atoms with Gasteiger partial charge in [0.05, 0.1) is 5.69 Å². The van der Waals surface area contributed by atoms with Gasteiger partial charge in [0.1, 0.15) is 0 Å². The van der Waals surface area contributed by atoms with Gasteiger partial charge in [0, 0.05) is 18.2 Å². The van der Waals surface area contributed by atoms with Crippen LogP contribution in [0.4, 0.5) is 0 Å². The molecule has 100 valence electrons. The van der Waals surface area contributed by atoms with Crippen LogP contribution in [0.5, 0.6) is 0 Å². The van der Waals surface area contributed by atoms with Crippen molar-refractivity contribution in [1.29, 1.82) is 0 Å². The van der Waals surface area contributed by atoms with Crippen LogP contribution in [-0.4, -0.2) is 23.4 Å². The summed E-state index contributed by atoms with van der Waals surface area (Å²) in [5.41, 5.74) is 1.84. The molecule has 0 unspecified atom stereocenters. The lowest BCUT2D eigenvalue weighted by molar-refractivity contribution is 0.526. The van der Waals surface area contributed by atoms with Gasteiger partial charge < -0.3 is 5.32 Å². The summed E-state index contributed by atoms with van der Waals surface area (Å²) in [4.78, 5) is 11.8. The third-order valence-corrected chi connectivity index (χ3v) is 2.98. The zero-order valence-corrected chi connectivity index (χ0v) is 11.2. The van der Waals surface area contributed by atoms with Crippen LogP contribution in [-0.2, 0) is 6.54 Å². The molecule has 4 heteroatoms. The van der Waals surface area contributed by atoms with Crippen LogP contribution < -0.4 is 10.9 Å². The summed E-state index contributed by atoms with van der Waals surface area (Å²) in [5, 5.41) is 7.52. The molecule has 0 fully saturated rings. The summed E-state index contributed by atoms with van der Waals surface area (Å²) in [7, 11) is 1.93. The van der Waals surface area contributed by atoms with Gasteiger partial charge in [-0.3, -0.25) is 4.79 Å². The fraction of sp³-hybridized carbons (Fsp3) is 0.333. The lowest BCUT2D eigenvalue weighted by Crippen LogP contribution is -2.22. The monoisotopic (exact) mass is 257 g/mol. The predicted molar refractivity (Wildman–Crippen MR) is 77.1 cm³/mol. The maximum absolute atomic E-state index is 11.8. The van der Waals surface area contributed by atoms with Gasteiger partial charge in [-0.05, 0) is 32.5 Å². The average Bonchev–Trinajstić information content (AvgIpc) is 2.46. The van der Waals surface area contributed by atoms with E-state index in [1.807, 2.05) is 37.4 Å². The Kier molecular flexibility index (Phi) is 4.86. The van der Waals surface area contributed by atoms with Crippen molar-refractivity contribution in [2.24, 2.45) is 0 Å². The third kappa shape index (κ3) is 3.76. The Morgan fingerprint density at radius 1 is 1.11 bits per heavy atom. The Balaban J connectivity index is 2.13. The van der Waals surface area contributed by atoms with E-state index in [0.29, 0.717) is 6.54 Å². The predicted octanol–water partition coefficient (Wildman–Crippen LogP) is 1.91. The molecule has 0 atom stereocenters. The molecular weight excluding hydrogens is 238 g/mol. The van der Waals surface area contributed by atoms with Gasteiger partial charge in [-0.15, -0.1) is 0 Å². The number of hydrogen-bond donors (Lipinski definition) is 1. The number of aryl methyl sites for hydroxylation is 1. The third-order valence-electron chi connectivity index (χ3n) is 2.98. The van der Waals surface area contributed by atoms with E-state index in [1.165, 1.54) is 0 Å². The molecule has 0 aliphatic heterocycles. The first-order valence-electron chi connectivity index (χ1n) is 6.59. The Morgan fingerprint density at radius 2 is 1.89 bits per heavy atom. The molecule has 2 aromatic rings. The maximum Gasteiger partial charge on any atom is 0.266 e. The summed E-state index contributed by atoms with van der Waals surface area (Å²) in [6.45, 7) is 1.63. The molecule has 1 heterocycles. The number of unbranched alkanes of at least 4 members (excludes halogenated alkanes) is 1. The summed E-state index contributed by atoms with van der Waals surface area (Å²) < 4.78 is 1.55. The standard InChI is InChI=1S/C15H19N3O/c1-16-11-5-6-12-18-15(19)10-9-14(17-18)13-7-3-2-4-8-13/h2-4,7-10,16H,5-6,11-12H2,1H3. The van der Waals surface area contributed by atoms with E-state index in [1.54, 1.807) is 16.8 Å². The second-order valence-corrected chi connectivity index (χ2v) is 4.46. The summed E-state index contributed by atoms with van der Waals surface area (Å²) in [6.07, 6.45) is 1.99. The first-order valence-corrected chi connectivity index (χ1v) is 6.59. The van der Waals surface area contributed by atoms with Gasteiger partial charge >= 0.3 is 0 Å². The highest BCUT2D eigenvalue weighted by Gasteiger charge is 2.02. The van der Waals surface area contributed by atoms with Crippen molar-refractivity contribution in [2.45, 2.75) is 19.4 Å². The van der Waals surface area contributed by atoms with Crippen molar-refractivity contribution in [1.82, 2.24) is 15.1 Å². The minimum Gasteiger partial charge on any atom is -0.320 e. The van der Waals surface area contributed by atoms with Crippen molar-refractivity contribution in [3.05, 3.63) is 52.8 Å². The van der Waals surface area contributed by atoms with E-state index >= 15 is 0 Å². The van der Waals surface area contributed by atoms with Crippen LogP contribution in [0, 0.1) is 0 Å². The fourth-order valence-corrected chi connectivity index (χ4v) is 1.94. The van der Waals surface area contributed by atoms with Crippen molar-refractivity contribution in [3.8, 4) is 11.3 Å². The molecule has 0 bridgehead atoms. The zero-order chi connectivity index (χ0) is 13.5. The average molecular weight is 257 g/mol. The van der Waals surface area contributed by atoms with Crippen molar-refractivity contribution < 1.29 is 0 Å². The number of nitrogens with zero attached hydrogens (tertiary/aromatic N) is 2. The number of rotatable bonds is 6. The highest BCUT2D eigenvalue weighted by molar-refractivity contribution is 5.57. The molecule has 19 heavy (non-hydrogen) atoms. The lowest BCUT2D eigenvalue weighted by atomic mass is 10.1. The van der Waals surface area contributed by atoms with Crippen LogP contribution in [0.3, 0.4) is 0 Å². The number of nitrogens with one attached hydrogen (secondary N) is 1. The van der Waals surface area contributed by atoms with Crippen molar-refractivity contribution in [3.63, 3.8) is 0 Å². The van der Waals surface area contributed by atoms with Crippen molar-refractivity contribution in [2.75, 3.05) is 13.6 Å². The van der Waals surface area contributed by atoms with Crippen LogP contribution in [0.15, 0.2) is 47.3 Å². The fourth-order valence-electron chi connectivity index (χ4n) is 1.94. The SMILES string of the molecule is CNCCCCn1nc(-c2ccccc2)ccc1=O. The molecule has 0 radical (unpaired) electrons. The Bertz CT molecular complexity index is 563. The Morgan fingerprint density at radius 3 is 2.63 bits per heavy atom. The molecule has 0 spiro atoms. The summed E-state index contributed by atoms with van der Waals surface area (Å²) in [5.74, 6) is 0. The highest BCUT2D eigenvalue weighted by Crippen LogP contribution is 2.13. The molecular formula is C15H19N3O. The van der Waals surface area contributed by atoms with Gasteiger partial charge in [-0.2, -0.15) is 5.10 Å². The quantitative estimate of drug-likeness (QED) is 0.804. The molecule has 4 nitrogen and oxygen atoms in total. The van der Waals surface area contributed by atoms with Gasteiger partial charge in [0.2, 0.25) is 0 Å². The van der Waals surface area contributed by atoms with Crippen molar-refractivity contribution >= 4 is 0 Å². The largest absolute Gasteiger partial charge is 0.320 e. The van der Waals surface area contributed by atoms with Crippen LogP contribution in [0.1, 0.15) is 12.8 Å². The topological polar surface area (TPSA) is 46.9 Å². The Labute approximate surface area is 113 Å². The maximum atomic E-state index is 11.8. The van der Waals surface area contributed by atoms with Gasteiger partial charge in [-0.25, -0.2) is 4.68 Å². The normalized spacial score (nSPS) is 10.6. The number of hydrogen-bond acceptors (Lipinski definition) is 3. The van der Waals surface area contributed by atoms with E-state index in [4.69, 9.17) is 0 Å². The van der Waals surface area contributed by atoms with E-state index in [0.717, 1.165) is 30.6 Å². The summed E-state index contributed by atoms with van der Waals surface area (Å²) >= 11 is 0. The molecule has 0 saturated carbocycles. The Hall–Kier alpha value is -1.94. The lowest BCUT2D eigenvalue weighted by Gasteiger charge is -2.07. The minimum absolute atomic E-state index is 0.0378. The minimum atomic E-state index is -0.0378. The number of aromatic nitrogens is 2. The van der Waals surface area contributed by atoms with Crippen LogP contribution in [0.25, 0.3) is 11.3 Å². The summed E-state index contributed by atoms with van der Waals surface area (Å²) in [6, 6.07) is 13.3. The van der Waals surface area contributed by atoms with E-state index < -0.39 is 0 Å². The molecule has 1 aromatic carbocycles. The molecule has 0 saturated heterocycles. The van der Waals surface area contributed by atoms with Crippen LogP contribution >= 0.6 is 0 Å². The molecule has 0 aliphatic carbocycles. The first kappa shape index (κ1) is 13.5. The van der Waals surface area contributed by atoms with Gasteiger partial charge in [0.15, 0.2) is 0 Å². The molecule has 0 amide bonds. The second-order valence-electron chi connectivity index (χ2n) is 4.46. The molecule has 0 aliphatic rings.